The normalized spacial score (nSPS) is 26.6. The van der Waals surface area contributed by atoms with Crippen LogP contribution in [0.1, 0.15) is 310 Å². The maximum absolute atomic E-state index is 15.6. The molecule has 14 heteroatoms. The third-order valence-electron chi connectivity index (χ3n) is 15.2. The second kappa shape index (κ2) is 30.5. The molecule has 4 bridgehead atoms. The Morgan fingerprint density at radius 2 is 0.333 bits per heavy atom. The lowest BCUT2D eigenvalue weighted by Crippen LogP contribution is -2.82. The average molecular weight is 1050 g/mol. The molecule has 4 fully saturated rings. The van der Waals surface area contributed by atoms with Gasteiger partial charge in [-0.2, -0.15) is 0 Å². The van der Waals surface area contributed by atoms with E-state index in [9.17, 15) is 0 Å². The first-order chi connectivity index (χ1) is 31.7. The highest BCUT2D eigenvalue weighted by molar-refractivity contribution is 8.59. The van der Waals surface area contributed by atoms with Gasteiger partial charge in [0, 0.05) is 0 Å². The van der Waals surface area contributed by atoms with Crippen LogP contribution in [0.2, 0.25) is 0 Å². The van der Waals surface area contributed by atoms with Crippen molar-refractivity contribution in [3.63, 3.8) is 0 Å². The topological polar surface area (TPSA) is 137 Å². The Labute approximate surface area is 417 Å². The van der Waals surface area contributed by atoms with Crippen LogP contribution in [0.25, 0.3) is 0 Å². The van der Waals surface area contributed by atoms with E-state index in [2.05, 4.69) is 27.7 Å². The Kier molecular flexibility index (Phi) is 28.1. The zero-order chi connectivity index (χ0) is 48.5. The number of rotatable bonds is 44. The molecule has 0 unspecified atom stereocenters. The summed E-state index contributed by atoms with van der Waals surface area (Å²) in [4.78, 5) is 0. The smallest absolute Gasteiger partial charge is 0.224 e. The summed E-state index contributed by atoms with van der Waals surface area (Å²) in [7, 11) is -19.9. The van der Waals surface area contributed by atoms with Gasteiger partial charge in [-0.25, -0.2) is 33.7 Å². The molecule has 0 radical (unpaired) electrons. The summed E-state index contributed by atoms with van der Waals surface area (Å²) in [6.45, 7) is 8.80. The lowest BCUT2D eigenvalue weighted by Gasteiger charge is -2.65. The van der Waals surface area contributed by atoms with Crippen LogP contribution < -0.4 is 0 Å². The Morgan fingerprint density at radius 1 is 0.212 bits per heavy atom. The molecule has 4 saturated heterocycles. The van der Waals surface area contributed by atoms with Crippen LogP contribution in [0.4, 0.5) is 0 Å². The maximum atomic E-state index is 15.6. The van der Waals surface area contributed by atoms with Gasteiger partial charge < -0.3 is 0 Å². The molecule has 0 amide bonds. The summed E-state index contributed by atoms with van der Waals surface area (Å²) in [5.41, 5.74) is 0. The summed E-state index contributed by atoms with van der Waals surface area (Å²) in [5.74, 6) is 0. The van der Waals surface area contributed by atoms with Crippen molar-refractivity contribution in [2.45, 2.75) is 324 Å². The van der Waals surface area contributed by atoms with Crippen molar-refractivity contribution in [1.82, 2.24) is 0 Å². The van der Waals surface area contributed by atoms with Crippen molar-refractivity contribution in [3.8, 4) is 0 Å². The van der Waals surface area contributed by atoms with Crippen LogP contribution in [0.3, 0.4) is 0 Å². The van der Waals surface area contributed by atoms with Gasteiger partial charge in [0.05, 0.1) is 0 Å². The van der Waals surface area contributed by atoms with E-state index in [0.717, 1.165) is 103 Å². The van der Waals surface area contributed by atoms with Crippen LogP contribution >= 0.6 is 23.5 Å². The molecule has 0 aromatic heterocycles. The summed E-state index contributed by atoms with van der Waals surface area (Å²) in [5, 5.41) is 0. The first-order valence-electron chi connectivity index (χ1n) is 28.0. The molecule has 0 atom stereocenters. The highest BCUT2D eigenvalue weighted by Gasteiger charge is 2.95. The molecule has 4 aliphatic heterocycles. The van der Waals surface area contributed by atoms with E-state index in [1.807, 2.05) is 0 Å². The molecule has 0 N–H and O–H groups in total. The van der Waals surface area contributed by atoms with Gasteiger partial charge in [0.15, 0.2) is 0 Å². The molecule has 4 aliphatic rings. The maximum Gasteiger partial charge on any atom is 0.225 e. The van der Waals surface area contributed by atoms with Crippen LogP contribution in [-0.4, -0.2) is 47.3 Å². The number of unbranched alkanes of at least 4 members (excludes halogenated alkanes) is 36. The third kappa shape index (κ3) is 14.0. The lowest BCUT2D eigenvalue weighted by atomic mass is 10.1. The van der Waals surface area contributed by atoms with E-state index in [-0.39, 0.29) is 25.7 Å². The molecule has 8 nitrogen and oxygen atoms in total. The fourth-order valence-electron chi connectivity index (χ4n) is 11.0. The van der Waals surface area contributed by atoms with E-state index >= 15 is 33.7 Å². The molecule has 4 heterocycles. The molecule has 0 aromatic carbocycles. The Balaban J connectivity index is 1.98. The summed E-state index contributed by atoms with van der Waals surface area (Å²) >= 11 is 0.675. The Morgan fingerprint density at radius 3 is 0.470 bits per heavy atom. The molecular formula is C52H100O8S6. The van der Waals surface area contributed by atoms with Crippen molar-refractivity contribution >= 4 is 62.9 Å². The largest absolute Gasteiger partial charge is 0.225 e. The number of hydrogen-bond donors (Lipinski definition) is 0. The Hall–Kier alpha value is 0.500. The molecule has 0 spiro atoms. The first-order valence-corrected chi connectivity index (χ1v) is 35.6. The van der Waals surface area contributed by atoms with Crippen molar-refractivity contribution in [1.29, 1.82) is 0 Å². The highest BCUT2D eigenvalue weighted by atomic mass is 32.4. The van der Waals surface area contributed by atoms with Gasteiger partial charge in [0.1, 0.15) is 0 Å². The van der Waals surface area contributed by atoms with E-state index in [1.165, 1.54) is 103 Å². The molecule has 0 saturated carbocycles. The second-order valence-corrected chi connectivity index (χ2v) is 36.6. The summed E-state index contributed by atoms with van der Waals surface area (Å²) in [6.07, 6.45) is 38.0. The zero-order valence-electron chi connectivity index (χ0n) is 42.8. The first kappa shape index (κ1) is 60.8. The van der Waals surface area contributed by atoms with Crippen molar-refractivity contribution in [3.05, 3.63) is 0 Å². The van der Waals surface area contributed by atoms with Gasteiger partial charge in [0.2, 0.25) is 53.0 Å². The molecule has 392 valence electrons. The van der Waals surface area contributed by atoms with E-state index < -0.39 is 53.0 Å². The fraction of sp³-hybridized carbons (Fsp3) is 1.00. The molecular weight excluding hydrogens is 945 g/mol. The SMILES string of the molecule is CCCCCCCCCCCCC12SC3(CCCCCCCCCCCC)S(=O)(=O)C(CCCCCCCCCCCC)(SC(CCCCCCCCCCCC)(S1(=O)=O)S3(=O)=O)S2(=O)=O. The minimum Gasteiger partial charge on any atom is -0.224 e. The molecule has 0 aromatic rings. The van der Waals surface area contributed by atoms with E-state index in [4.69, 9.17) is 0 Å². The van der Waals surface area contributed by atoms with Crippen molar-refractivity contribution < 1.29 is 33.7 Å². The Bertz CT molecular complexity index is 1480. The van der Waals surface area contributed by atoms with E-state index in [0.29, 0.717) is 74.9 Å². The second-order valence-electron chi connectivity index (χ2n) is 20.7. The van der Waals surface area contributed by atoms with Crippen LogP contribution in [0, 0.1) is 0 Å². The minimum atomic E-state index is -4.97. The predicted molar refractivity (Wildman–Crippen MR) is 288 cm³/mol. The number of thioether (sulfide) groups is 2. The van der Waals surface area contributed by atoms with Crippen molar-refractivity contribution in [2.75, 3.05) is 0 Å². The zero-order valence-corrected chi connectivity index (χ0v) is 47.7. The van der Waals surface area contributed by atoms with Crippen molar-refractivity contribution in [2.24, 2.45) is 0 Å². The monoisotopic (exact) mass is 1040 g/mol. The summed E-state index contributed by atoms with van der Waals surface area (Å²) < 4.78 is 115. The highest BCUT2D eigenvalue weighted by Crippen LogP contribution is 2.81. The van der Waals surface area contributed by atoms with Gasteiger partial charge in [-0.1, -0.05) is 282 Å². The van der Waals surface area contributed by atoms with Gasteiger partial charge in [-0.15, -0.1) is 0 Å². The van der Waals surface area contributed by atoms with Crippen LogP contribution in [-0.2, 0) is 39.3 Å². The molecule has 0 aliphatic carbocycles. The number of hydrogen-bond acceptors (Lipinski definition) is 10. The fourth-order valence-corrected chi connectivity index (χ4v) is 40.3. The van der Waals surface area contributed by atoms with Crippen LogP contribution in [0.15, 0.2) is 0 Å². The standard InChI is InChI=1S/C52H100O8S6/c1-5-9-13-17-21-25-29-33-37-41-45-49-61-50(46-42-38-34-30-26-22-18-14-10-6-2)65(57,58)51(63(49,53)54,47-43-39-35-31-27-23-19-15-11-7-3)62-52(64(49,55)56,66(50,59)60)48-44-40-36-32-28-24-20-16-12-8-4/h5-48H2,1-4H3. The van der Waals surface area contributed by atoms with Crippen LogP contribution in [0.5, 0.6) is 0 Å². The minimum absolute atomic E-state index is 0.260. The molecule has 4 rings (SSSR count). The molecule has 66 heavy (non-hydrogen) atoms. The predicted octanol–water partition coefficient (Wildman–Crippen LogP) is 17.0. The van der Waals surface area contributed by atoms with Gasteiger partial charge >= 0.3 is 0 Å². The van der Waals surface area contributed by atoms with Gasteiger partial charge in [0.25, 0.3) is 0 Å². The third-order valence-corrected chi connectivity index (χ3v) is 38.0. The average Bonchev–Trinajstić information content (AvgIpc) is 3.27. The lowest BCUT2D eigenvalue weighted by molar-refractivity contribution is 0.481. The van der Waals surface area contributed by atoms with Gasteiger partial charge in [-0.3, -0.25) is 0 Å². The van der Waals surface area contributed by atoms with E-state index in [1.54, 1.807) is 0 Å². The quantitative estimate of drug-likeness (QED) is 0.0542. The number of sulfone groups is 4. The summed E-state index contributed by atoms with van der Waals surface area (Å²) in [6, 6.07) is 0. The van der Waals surface area contributed by atoms with Gasteiger partial charge in [-0.05, 0) is 51.4 Å².